The summed E-state index contributed by atoms with van der Waals surface area (Å²) in [6.07, 6.45) is 2.28. The molecule has 0 unspecified atom stereocenters. The smallest absolute Gasteiger partial charge is 0.112 e. The van der Waals surface area contributed by atoms with Crippen LogP contribution >= 0.6 is 0 Å². The fraction of sp³-hybridized carbons (Fsp3) is 0.0714. The summed E-state index contributed by atoms with van der Waals surface area (Å²) in [5, 5.41) is 1.39. The minimum absolute atomic E-state index is 0.243. The third-order valence-electron chi connectivity index (χ3n) is 2.66. The van der Waals surface area contributed by atoms with Crippen LogP contribution in [0, 0.1) is 17.2 Å². The Bertz CT molecular complexity index is 683. The van der Waals surface area contributed by atoms with Gasteiger partial charge in [0.15, 0.2) is 0 Å². The Kier molecular flexibility index (Phi) is 5.36. The second kappa shape index (κ2) is 6.86. The van der Waals surface area contributed by atoms with Crippen molar-refractivity contribution in [2.75, 3.05) is 0 Å². The number of halogens is 1. The van der Waals surface area contributed by atoms with Gasteiger partial charge in [0.1, 0.15) is 0 Å². The van der Waals surface area contributed by atoms with E-state index in [9.17, 15) is 0 Å². The van der Waals surface area contributed by atoms with Crippen molar-refractivity contribution in [1.82, 2.24) is 0 Å². The first kappa shape index (κ1) is 16.4. The number of aryl methyl sites for hydroxylation is 1. The molecule has 0 bridgehead atoms. The predicted molar refractivity (Wildman–Crippen MR) is 67.2 cm³/mol. The van der Waals surface area contributed by atoms with Crippen molar-refractivity contribution in [3.05, 3.63) is 60.3 Å². The minimum Gasteiger partial charge on any atom is -0.222 e. The summed E-state index contributed by atoms with van der Waals surface area (Å²) in [4.78, 5) is 0. The van der Waals surface area contributed by atoms with Crippen LogP contribution < -0.4 is 21.4 Å². The van der Waals surface area contributed by atoms with Crippen molar-refractivity contribution in [2.24, 2.45) is 0 Å². The van der Waals surface area contributed by atoms with Crippen molar-refractivity contribution in [3.63, 3.8) is 0 Å². The average molecular weight is 421 g/mol. The molecule has 2 aromatic carbocycles. The minimum atomic E-state index is -4.94. The fourth-order valence-electron chi connectivity index (χ4n) is 1.75. The summed E-state index contributed by atoms with van der Waals surface area (Å²) >= 11 is -0.243. The molecule has 0 saturated carbocycles. The average Bonchev–Trinajstić information content (AvgIpc) is 2.81. The Balaban J connectivity index is 0.000000282. The molecule has 0 atom stereocenters. The van der Waals surface area contributed by atoms with E-state index < -0.39 is 10.2 Å². The third kappa shape index (κ3) is 5.38. The first-order valence-electron chi connectivity index (χ1n) is 5.92. The predicted octanol–water partition coefficient (Wildman–Crippen LogP) is -2.27. The molecule has 0 N–H and O–H groups in total. The Hall–Kier alpha value is -0.970. The van der Waals surface area contributed by atoms with Crippen LogP contribution in [0.4, 0.5) is 0 Å². The van der Waals surface area contributed by atoms with Crippen LogP contribution in [0.1, 0.15) is 5.56 Å². The summed E-state index contributed by atoms with van der Waals surface area (Å²) in [6.45, 7) is 2.13. The van der Waals surface area contributed by atoms with E-state index in [0.29, 0.717) is 0 Å². The van der Waals surface area contributed by atoms with E-state index in [2.05, 4.69) is 64.4 Å². The van der Waals surface area contributed by atoms with Gasteiger partial charge in [-0.15, -0.1) is 10.2 Å². The molecule has 5 nitrogen and oxygen atoms in total. The zero-order valence-electron chi connectivity index (χ0n) is 11.1. The van der Waals surface area contributed by atoms with Crippen LogP contribution in [0.5, 0.6) is 0 Å². The molecule has 0 radical (unpaired) electrons. The number of hydrogen-bond donors (Lipinski definition) is 0. The van der Waals surface area contributed by atoms with Crippen molar-refractivity contribution in [2.45, 2.75) is 6.92 Å². The molecule has 3 rings (SSSR count). The summed E-state index contributed by atoms with van der Waals surface area (Å²) in [6, 6.07) is 17.5. The van der Waals surface area contributed by atoms with Gasteiger partial charge in [-0.05, 0) is 0 Å². The van der Waals surface area contributed by atoms with Crippen LogP contribution in [-0.2, 0) is 0 Å². The molecule has 7 heteroatoms. The van der Waals surface area contributed by atoms with Gasteiger partial charge >= 0.3 is 105 Å². The maximum atomic E-state index is 8.49. The van der Waals surface area contributed by atoms with Gasteiger partial charge < -0.3 is 0 Å². The van der Waals surface area contributed by atoms with Crippen LogP contribution in [0.15, 0.2) is 54.7 Å². The number of aromatic nitrogens is 1. The standard InChI is InChI=1S/C14H12NTe.ClHO4/c1-11-6-8-13(9-7-11)15-10-12-4-2-3-5-14(12)16-15;2-1(3,4)5/h2-10H,1H3;(H,2,3,4,5)/q+1;/p-1. The molecule has 0 saturated heterocycles. The van der Waals surface area contributed by atoms with Gasteiger partial charge in [-0.3, -0.25) is 0 Å². The van der Waals surface area contributed by atoms with Gasteiger partial charge in [0.25, 0.3) is 0 Å². The zero-order valence-corrected chi connectivity index (χ0v) is 14.1. The van der Waals surface area contributed by atoms with Crippen LogP contribution in [0.3, 0.4) is 0 Å². The number of rotatable bonds is 1. The molecule has 1 heterocycles. The molecular weight excluding hydrogens is 409 g/mol. The molecule has 0 spiro atoms. The van der Waals surface area contributed by atoms with E-state index in [1.54, 1.807) is 0 Å². The Morgan fingerprint density at radius 2 is 1.48 bits per heavy atom. The van der Waals surface area contributed by atoms with E-state index in [-0.39, 0.29) is 20.7 Å². The quantitative estimate of drug-likeness (QED) is 0.414. The fourth-order valence-corrected chi connectivity index (χ4v) is 4.52. The molecule has 0 aliphatic heterocycles. The van der Waals surface area contributed by atoms with Crippen molar-refractivity contribution >= 4 is 29.5 Å². The van der Waals surface area contributed by atoms with Gasteiger partial charge in [-0.25, -0.2) is 18.6 Å². The van der Waals surface area contributed by atoms with Crippen molar-refractivity contribution < 1.29 is 31.7 Å². The molecule has 0 aliphatic carbocycles. The molecule has 0 aliphatic rings. The Morgan fingerprint density at radius 1 is 0.905 bits per heavy atom. The molecule has 21 heavy (non-hydrogen) atoms. The third-order valence-corrected chi connectivity index (χ3v) is 5.75. The Labute approximate surface area is 134 Å². The zero-order chi connectivity index (χ0) is 15.5. The summed E-state index contributed by atoms with van der Waals surface area (Å²) in [7, 11) is -4.94. The van der Waals surface area contributed by atoms with Crippen molar-refractivity contribution in [3.8, 4) is 5.69 Å². The van der Waals surface area contributed by atoms with Gasteiger partial charge in [0.2, 0.25) is 0 Å². The SMILES string of the molecule is Cc1ccc(-[n+]2cc3ccccc3[te]2)cc1.[O-][Cl+3]([O-])([O-])[O-]. The molecular formula is C14H12ClNO4Te. The second-order valence-electron chi connectivity index (χ2n) is 4.30. The largest absolute Gasteiger partial charge is 0.222 e. The van der Waals surface area contributed by atoms with Crippen LogP contribution in [0.2, 0.25) is 0 Å². The van der Waals surface area contributed by atoms with E-state index in [4.69, 9.17) is 18.6 Å². The number of fused-ring (bicyclic) bond motifs is 1. The van der Waals surface area contributed by atoms with Gasteiger partial charge in [0, 0.05) is 0 Å². The van der Waals surface area contributed by atoms with E-state index >= 15 is 0 Å². The Morgan fingerprint density at radius 3 is 2.05 bits per heavy atom. The van der Waals surface area contributed by atoms with Gasteiger partial charge in [-0.2, -0.15) is 0 Å². The summed E-state index contributed by atoms with van der Waals surface area (Å²) in [5.74, 6) is 0. The first-order valence-corrected chi connectivity index (χ1v) is 9.36. The summed E-state index contributed by atoms with van der Waals surface area (Å²) < 4.78 is 37.9. The van der Waals surface area contributed by atoms with Crippen LogP contribution in [-0.4, -0.2) is 20.7 Å². The molecule has 0 amide bonds. The topological polar surface area (TPSA) is 96.1 Å². The van der Waals surface area contributed by atoms with Gasteiger partial charge in [-0.1, -0.05) is 0 Å². The maximum Gasteiger partial charge on any atom is -0.112 e. The van der Waals surface area contributed by atoms with Gasteiger partial charge in [0.05, 0.1) is 0 Å². The summed E-state index contributed by atoms with van der Waals surface area (Å²) in [5.41, 5.74) is 2.64. The van der Waals surface area contributed by atoms with Crippen molar-refractivity contribution in [1.29, 1.82) is 0 Å². The van der Waals surface area contributed by atoms with E-state index in [0.717, 1.165) is 0 Å². The van der Waals surface area contributed by atoms with E-state index in [1.165, 1.54) is 20.0 Å². The maximum absolute atomic E-state index is 8.49. The molecule has 110 valence electrons. The number of nitrogens with zero attached hydrogens (tertiary/aromatic N) is 1. The first-order chi connectivity index (χ1) is 9.83. The molecule has 3 aromatic rings. The van der Waals surface area contributed by atoms with Crippen LogP contribution in [0.25, 0.3) is 14.5 Å². The number of hydrogen-bond acceptors (Lipinski definition) is 4. The van der Waals surface area contributed by atoms with E-state index in [1.807, 2.05) is 0 Å². The monoisotopic (exact) mass is 423 g/mol. The second-order valence-corrected chi connectivity index (χ2v) is 7.95. The molecule has 0 fully saturated rings. The molecule has 1 aromatic heterocycles. The normalized spacial score (nSPS) is 11.1. The number of benzene rings is 2.